The van der Waals surface area contributed by atoms with Crippen molar-refractivity contribution in [2.75, 3.05) is 0 Å². The number of hydrogen-bond acceptors (Lipinski definition) is 1. The van der Waals surface area contributed by atoms with Gasteiger partial charge in [0, 0.05) is 17.3 Å². The van der Waals surface area contributed by atoms with Gasteiger partial charge < -0.3 is 0 Å². The van der Waals surface area contributed by atoms with Crippen LogP contribution >= 0.6 is 11.6 Å². The van der Waals surface area contributed by atoms with Crippen molar-refractivity contribution in [3.05, 3.63) is 17.4 Å². The van der Waals surface area contributed by atoms with E-state index < -0.39 is 6.98 Å². The number of aryl methyl sites for hydroxylation is 1. The highest BCUT2D eigenvalue weighted by Crippen LogP contribution is 1.99. The molecule has 7 heavy (non-hydrogen) atoms. The van der Waals surface area contributed by atoms with Crippen LogP contribution in [0.5, 0.6) is 0 Å². The van der Waals surface area contributed by atoms with Crippen LogP contribution < -0.4 is 0 Å². The number of nitrogens with zero attached hydrogens (tertiary/aromatic N) is 2. The average Bonchev–Trinajstić information content (AvgIpc) is 2.11. The number of aromatic nitrogens is 2. The lowest BCUT2D eigenvalue weighted by Crippen LogP contribution is -1.84. The number of halogens is 1. The van der Waals surface area contributed by atoms with Gasteiger partial charge in [0.2, 0.25) is 0 Å². The van der Waals surface area contributed by atoms with Crippen molar-refractivity contribution < 1.29 is 4.11 Å². The molecule has 0 bridgehead atoms. The molecule has 1 aromatic heterocycles. The second-order valence-electron chi connectivity index (χ2n) is 1.08. The first-order valence-corrected chi connectivity index (χ1v) is 2.09. The van der Waals surface area contributed by atoms with Crippen LogP contribution in [0.3, 0.4) is 0 Å². The Morgan fingerprint density at radius 1 is 2.14 bits per heavy atom. The standard InChI is InChI=1S/C4H5ClN2/c1-7-3-2-4(5)6-7/h2-3H,1H3/i1D3. The summed E-state index contributed by atoms with van der Waals surface area (Å²) in [6.45, 7) is -2.22. The molecule has 2 nitrogen and oxygen atoms in total. The highest BCUT2D eigenvalue weighted by molar-refractivity contribution is 6.29. The monoisotopic (exact) mass is 119 g/mol. The summed E-state index contributed by atoms with van der Waals surface area (Å²) in [5, 5.41) is 3.69. The minimum atomic E-state index is -2.22. The normalized spacial score (nSPS) is 17.6. The molecule has 0 aliphatic carbocycles. The smallest absolute Gasteiger partial charge is 0.151 e. The molecule has 0 N–H and O–H groups in total. The topological polar surface area (TPSA) is 17.8 Å². The molecule has 0 radical (unpaired) electrons. The van der Waals surface area contributed by atoms with Crippen LogP contribution in [-0.4, -0.2) is 9.78 Å². The first-order chi connectivity index (χ1) is 4.50. The summed E-state index contributed by atoms with van der Waals surface area (Å²) in [5.41, 5.74) is 0. The van der Waals surface area contributed by atoms with Gasteiger partial charge in [0.05, 0.1) is 0 Å². The van der Waals surface area contributed by atoms with Crippen molar-refractivity contribution in [2.24, 2.45) is 6.98 Å². The molecular formula is C4H5ClN2. The second-order valence-corrected chi connectivity index (χ2v) is 1.47. The van der Waals surface area contributed by atoms with E-state index in [4.69, 9.17) is 15.7 Å². The lowest BCUT2D eigenvalue weighted by Gasteiger charge is -1.78. The molecule has 0 saturated carbocycles. The zero-order valence-electron chi connectivity index (χ0n) is 6.43. The van der Waals surface area contributed by atoms with Crippen molar-refractivity contribution in [2.45, 2.75) is 0 Å². The molecule has 0 aliphatic rings. The minimum absolute atomic E-state index is 0.191. The van der Waals surface area contributed by atoms with E-state index in [2.05, 4.69) is 5.10 Å². The van der Waals surface area contributed by atoms with Gasteiger partial charge in [-0.3, -0.25) is 4.68 Å². The van der Waals surface area contributed by atoms with E-state index in [1.54, 1.807) is 0 Å². The third kappa shape index (κ3) is 0.933. The molecule has 0 aliphatic heterocycles. The van der Waals surface area contributed by atoms with Crippen LogP contribution in [-0.2, 0) is 6.98 Å². The maximum Gasteiger partial charge on any atom is 0.151 e. The zero-order chi connectivity index (χ0) is 7.78. The molecule has 0 amide bonds. The Morgan fingerprint density at radius 2 is 3.00 bits per heavy atom. The fourth-order valence-electron chi connectivity index (χ4n) is 0.302. The summed E-state index contributed by atoms with van der Waals surface area (Å²) in [7, 11) is 0. The summed E-state index contributed by atoms with van der Waals surface area (Å²) >= 11 is 5.38. The maximum absolute atomic E-state index is 6.86. The number of rotatable bonds is 0. The largest absolute Gasteiger partial charge is 0.274 e. The SMILES string of the molecule is [2H]C([2H])([2H])n1ccc(Cl)n1. The molecule has 0 aromatic carbocycles. The van der Waals surface area contributed by atoms with Gasteiger partial charge in [0.15, 0.2) is 5.15 Å². The molecule has 0 saturated heterocycles. The van der Waals surface area contributed by atoms with Crippen LogP contribution in [0, 0.1) is 0 Å². The summed E-state index contributed by atoms with van der Waals surface area (Å²) in [5.74, 6) is 0. The van der Waals surface area contributed by atoms with Gasteiger partial charge in [0.25, 0.3) is 0 Å². The molecular weight excluding hydrogens is 112 g/mol. The van der Waals surface area contributed by atoms with Gasteiger partial charge in [-0.15, -0.1) is 0 Å². The van der Waals surface area contributed by atoms with E-state index in [9.17, 15) is 0 Å². The summed E-state index contributed by atoms with van der Waals surface area (Å²) < 4.78 is 21.4. The van der Waals surface area contributed by atoms with E-state index in [1.807, 2.05) is 0 Å². The lowest BCUT2D eigenvalue weighted by molar-refractivity contribution is 0.768. The Balaban J connectivity index is 2.96. The van der Waals surface area contributed by atoms with Crippen molar-refractivity contribution >= 4 is 11.6 Å². The molecule has 1 aromatic rings. The van der Waals surface area contributed by atoms with Gasteiger partial charge in [0.1, 0.15) is 0 Å². The van der Waals surface area contributed by atoms with Crippen molar-refractivity contribution in [1.29, 1.82) is 0 Å². The summed E-state index contributed by atoms with van der Waals surface area (Å²) in [4.78, 5) is 0. The van der Waals surface area contributed by atoms with Crippen LogP contribution in [0.25, 0.3) is 0 Å². The molecule has 0 atom stereocenters. The van der Waals surface area contributed by atoms with Gasteiger partial charge in [-0.25, -0.2) is 0 Å². The molecule has 0 spiro atoms. The summed E-state index contributed by atoms with van der Waals surface area (Å²) in [6.07, 6.45) is 1.31. The third-order valence-corrected chi connectivity index (χ3v) is 0.758. The van der Waals surface area contributed by atoms with E-state index in [1.165, 1.54) is 12.3 Å². The molecule has 0 fully saturated rings. The van der Waals surface area contributed by atoms with E-state index in [0.717, 1.165) is 4.68 Å². The van der Waals surface area contributed by atoms with Gasteiger partial charge in [-0.05, 0) is 6.07 Å². The third-order valence-electron chi connectivity index (χ3n) is 0.557. The van der Waals surface area contributed by atoms with E-state index in [-0.39, 0.29) is 5.15 Å². The predicted molar refractivity (Wildman–Crippen MR) is 28.2 cm³/mol. The second kappa shape index (κ2) is 1.54. The van der Waals surface area contributed by atoms with Crippen molar-refractivity contribution in [1.82, 2.24) is 9.78 Å². The average molecular weight is 120 g/mol. The van der Waals surface area contributed by atoms with Gasteiger partial charge >= 0.3 is 0 Å². The minimum Gasteiger partial charge on any atom is -0.274 e. The van der Waals surface area contributed by atoms with Crippen LogP contribution in [0.2, 0.25) is 5.15 Å². The highest BCUT2D eigenvalue weighted by atomic mass is 35.5. The predicted octanol–water partition coefficient (Wildman–Crippen LogP) is 1.07. The Hall–Kier alpha value is -0.500. The molecule has 3 heteroatoms. The Labute approximate surface area is 50.9 Å². The first kappa shape index (κ1) is 2.18. The van der Waals surface area contributed by atoms with Gasteiger partial charge in [-0.2, -0.15) is 5.10 Å². The molecule has 38 valence electrons. The quantitative estimate of drug-likeness (QED) is 0.500. The highest BCUT2D eigenvalue weighted by Gasteiger charge is 1.84. The Bertz CT molecular complexity index is 229. The molecule has 0 unspecified atom stereocenters. The zero-order valence-corrected chi connectivity index (χ0v) is 4.18. The van der Waals surface area contributed by atoms with Crippen LogP contribution in [0.15, 0.2) is 12.3 Å². The molecule has 1 heterocycles. The van der Waals surface area contributed by atoms with E-state index in [0.29, 0.717) is 0 Å². The first-order valence-electron chi connectivity index (χ1n) is 3.22. The lowest BCUT2D eigenvalue weighted by atomic mass is 10.7. The fourth-order valence-corrected chi connectivity index (χ4v) is 0.439. The Morgan fingerprint density at radius 3 is 3.29 bits per heavy atom. The number of hydrogen-bond donors (Lipinski definition) is 0. The van der Waals surface area contributed by atoms with Crippen molar-refractivity contribution in [3.8, 4) is 0 Å². The van der Waals surface area contributed by atoms with E-state index >= 15 is 0 Å². The maximum atomic E-state index is 6.86. The fraction of sp³-hybridized carbons (Fsp3) is 0.250. The van der Waals surface area contributed by atoms with Crippen molar-refractivity contribution in [3.63, 3.8) is 0 Å². The molecule has 1 rings (SSSR count). The van der Waals surface area contributed by atoms with Gasteiger partial charge in [-0.1, -0.05) is 11.6 Å². The van der Waals surface area contributed by atoms with Crippen LogP contribution in [0.1, 0.15) is 4.11 Å². The Kier molecular flexibility index (Phi) is 0.480. The summed E-state index contributed by atoms with van der Waals surface area (Å²) in [6, 6.07) is 1.42. The van der Waals surface area contributed by atoms with Crippen LogP contribution in [0.4, 0.5) is 0 Å².